The number of fused-ring (bicyclic) bond motifs is 1. The van der Waals surface area contributed by atoms with E-state index in [1.165, 1.54) is 0 Å². The molecule has 90 valence electrons. The standard InChI is InChI=1S/C16H11BO2/c17-10-12-7-5-11(6-8-12)9-15-16(18)13-3-1-2-4-14(13)19-15/h1-9H,10H2/b15-9-. The van der Waals surface area contributed by atoms with E-state index >= 15 is 0 Å². The molecule has 0 fully saturated rings. The Balaban J connectivity index is 1.92. The zero-order chi connectivity index (χ0) is 13.2. The molecular weight excluding hydrogens is 235 g/mol. The molecule has 2 aromatic rings. The SMILES string of the molecule is [B]Cc1ccc(/C=C2\Oc3ccccc3C2=O)cc1. The van der Waals surface area contributed by atoms with Gasteiger partial charge in [0.25, 0.3) is 0 Å². The zero-order valence-electron chi connectivity index (χ0n) is 10.3. The number of rotatable bonds is 2. The number of ketones is 1. The van der Waals surface area contributed by atoms with Crippen LogP contribution >= 0.6 is 0 Å². The molecule has 0 spiro atoms. The molecule has 0 aliphatic carbocycles. The van der Waals surface area contributed by atoms with Crippen LogP contribution in [0.1, 0.15) is 21.5 Å². The van der Waals surface area contributed by atoms with E-state index in [1.807, 2.05) is 36.4 Å². The molecule has 1 aliphatic rings. The fourth-order valence-electron chi connectivity index (χ4n) is 2.04. The second kappa shape index (κ2) is 4.77. The lowest BCUT2D eigenvalue weighted by atomic mass is 9.96. The van der Waals surface area contributed by atoms with Gasteiger partial charge in [0.1, 0.15) is 5.75 Å². The van der Waals surface area contributed by atoms with Gasteiger partial charge in [-0.1, -0.05) is 48.3 Å². The van der Waals surface area contributed by atoms with Crippen LogP contribution in [0, 0.1) is 0 Å². The maximum atomic E-state index is 12.1. The van der Waals surface area contributed by atoms with E-state index in [1.54, 1.807) is 18.2 Å². The molecule has 3 heteroatoms. The summed E-state index contributed by atoms with van der Waals surface area (Å²) in [7, 11) is 5.55. The van der Waals surface area contributed by atoms with Crippen LogP contribution in [0.4, 0.5) is 0 Å². The number of benzene rings is 2. The van der Waals surface area contributed by atoms with Crippen LogP contribution < -0.4 is 4.74 Å². The summed E-state index contributed by atoms with van der Waals surface area (Å²) in [6.45, 7) is 0. The molecule has 0 atom stereocenters. The van der Waals surface area contributed by atoms with Gasteiger partial charge in [0.15, 0.2) is 5.76 Å². The predicted molar refractivity (Wildman–Crippen MR) is 75.3 cm³/mol. The summed E-state index contributed by atoms with van der Waals surface area (Å²) in [5.74, 6) is 0.914. The summed E-state index contributed by atoms with van der Waals surface area (Å²) in [6.07, 6.45) is 2.26. The minimum absolute atomic E-state index is 0.0708. The van der Waals surface area contributed by atoms with Gasteiger partial charge in [0.05, 0.1) is 13.4 Å². The molecule has 3 rings (SSSR count). The van der Waals surface area contributed by atoms with E-state index in [0.717, 1.165) is 11.1 Å². The summed E-state index contributed by atoms with van der Waals surface area (Å²) in [4.78, 5) is 12.1. The number of hydrogen-bond acceptors (Lipinski definition) is 2. The number of ether oxygens (including phenoxy) is 1. The third-order valence-corrected chi connectivity index (χ3v) is 3.09. The lowest BCUT2D eigenvalue weighted by Gasteiger charge is -2.00. The molecule has 2 nitrogen and oxygen atoms in total. The summed E-state index contributed by atoms with van der Waals surface area (Å²) in [5, 5.41) is 0. The summed E-state index contributed by atoms with van der Waals surface area (Å²) in [6, 6.07) is 15.0. The van der Waals surface area contributed by atoms with Crippen molar-refractivity contribution in [3.05, 3.63) is 71.0 Å². The van der Waals surface area contributed by atoms with Gasteiger partial charge in [-0.15, -0.1) is 0 Å². The summed E-state index contributed by atoms with van der Waals surface area (Å²) < 4.78 is 5.57. The van der Waals surface area contributed by atoms with Crippen LogP contribution in [0.2, 0.25) is 0 Å². The van der Waals surface area contributed by atoms with Crippen molar-refractivity contribution < 1.29 is 9.53 Å². The Morgan fingerprint density at radius 3 is 2.47 bits per heavy atom. The second-order valence-corrected chi connectivity index (χ2v) is 4.38. The second-order valence-electron chi connectivity index (χ2n) is 4.38. The van der Waals surface area contributed by atoms with E-state index in [4.69, 9.17) is 12.6 Å². The van der Waals surface area contributed by atoms with Crippen molar-refractivity contribution in [1.82, 2.24) is 0 Å². The van der Waals surface area contributed by atoms with Gasteiger partial charge in [0, 0.05) is 0 Å². The van der Waals surface area contributed by atoms with Crippen molar-refractivity contribution in [3.8, 4) is 5.75 Å². The fourth-order valence-corrected chi connectivity index (χ4v) is 2.04. The molecule has 0 N–H and O–H groups in total. The highest BCUT2D eigenvalue weighted by molar-refractivity contribution is 6.14. The number of carbonyl (C=O) groups excluding carboxylic acids is 1. The van der Waals surface area contributed by atoms with Crippen LogP contribution in [0.25, 0.3) is 6.08 Å². The van der Waals surface area contributed by atoms with Crippen LogP contribution in [0.3, 0.4) is 0 Å². The van der Waals surface area contributed by atoms with Crippen molar-refractivity contribution >= 4 is 19.7 Å². The Morgan fingerprint density at radius 2 is 1.79 bits per heavy atom. The van der Waals surface area contributed by atoms with Gasteiger partial charge >= 0.3 is 0 Å². The van der Waals surface area contributed by atoms with Crippen molar-refractivity contribution in [2.24, 2.45) is 0 Å². The van der Waals surface area contributed by atoms with Gasteiger partial charge in [-0.25, -0.2) is 0 Å². The zero-order valence-corrected chi connectivity index (χ0v) is 10.3. The van der Waals surface area contributed by atoms with Crippen LogP contribution in [-0.4, -0.2) is 13.6 Å². The highest BCUT2D eigenvalue weighted by Crippen LogP contribution is 2.31. The number of allylic oxidation sites excluding steroid dienone is 1. The van der Waals surface area contributed by atoms with Crippen molar-refractivity contribution in [1.29, 1.82) is 0 Å². The smallest absolute Gasteiger partial charge is 0.231 e. The molecule has 0 amide bonds. The predicted octanol–water partition coefficient (Wildman–Crippen LogP) is 2.97. The minimum Gasteiger partial charge on any atom is -0.452 e. The average molecular weight is 246 g/mol. The first-order valence-electron chi connectivity index (χ1n) is 6.10. The third-order valence-electron chi connectivity index (χ3n) is 3.09. The summed E-state index contributed by atoms with van der Waals surface area (Å²) in [5.41, 5.74) is 2.60. The average Bonchev–Trinajstić information content (AvgIpc) is 2.77. The van der Waals surface area contributed by atoms with Gasteiger partial charge in [-0.3, -0.25) is 4.79 Å². The summed E-state index contributed by atoms with van der Waals surface area (Å²) >= 11 is 0. The topological polar surface area (TPSA) is 26.3 Å². The van der Waals surface area contributed by atoms with Crippen molar-refractivity contribution in [3.63, 3.8) is 0 Å². The van der Waals surface area contributed by atoms with Gasteiger partial charge < -0.3 is 4.74 Å². The molecule has 0 unspecified atom stereocenters. The normalized spacial score (nSPS) is 15.4. The third kappa shape index (κ3) is 2.19. The molecule has 0 saturated carbocycles. The van der Waals surface area contributed by atoms with Crippen LogP contribution in [0.15, 0.2) is 54.3 Å². The monoisotopic (exact) mass is 246 g/mol. The first-order valence-corrected chi connectivity index (χ1v) is 6.10. The Hall–Kier alpha value is -2.29. The lowest BCUT2D eigenvalue weighted by molar-refractivity contribution is 0.101. The van der Waals surface area contributed by atoms with E-state index < -0.39 is 0 Å². The Kier molecular flexibility index (Phi) is 2.96. The fraction of sp³-hybridized carbons (Fsp3) is 0.0625. The molecule has 2 aromatic carbocycles. The molecular formula is C16H11BO2. The van der Waals surface area contributed by atoms with Crippen LogP contribution in [-0.2, 0) is 6.32 Å². The minimum atomic E-state index is -0.0708. The first kappa shape index (κ1) is 11.8. The van der Waals surface area contributed by atoms with E-state index in [9.17, 15) is 4.79 Å². The van der Waals surface area contributed by atoms with Gasteiger partial charge in [0.2, 0.25) is 5.78 Å². The van der Waals surface area contributed by atoms with Crippen LogP contribution in [0.5, 0.6) is 5.75 Å². The highest BCUT2D eigenvalue weighted by Gasteiger charge is 2.26. The molecule has 0 bridgehead atoms. The molecule has 2 radical (unpaired) electrons. The molecule has 1 heterocycles. The quantitative estimate of drug-likeness (QED) is 0.601. The molecule has 19 heavy (non-hydrogen) atoms. The number of hydrogen-bond donors (Lipinski definition) is 0. The van der Waals surface area contributed by atoms with E-state index in [0.29, 0.717) is 23.4 Å². The van der Waals surface area contributed by atoms with Gasteiger partial charge in [-0.05, 0) is 23.8 Å². The molecule has 0 aromatic heterocycles. The maximum absolute atomic E-state index is 12.1. The maximum Gasteiger partial charge on any atom is 0.231 e. The largest absolute Gasteiger partial charge is 0.452 e. The van der Waals surface area contributed by atoms with E-state index in [-0.39, 0.29) is 5.78 Å². The molecule has 0 saturated heterocycles. The van der Waals surface area contributed by atoms with Crippen molar-refractivity contribution in [2.45, 2.75) is 6.32 Å². The number of Topliss-reactive ketones (excluding diaryl/α,β-unsaturated/α-hetero) is 1. The van der Waals surface area contributed by atoms with Gasteiger partial charge in [-0.2, -0.15) is 0 Å². The van der Waals surface area contributed by atoms with E-state index in [2.05, 4.69) is 0 Å². The Bertz CT molecular complexity index is 657. The first-order chi connectivity index (χ1) is 9.28. The molecule has 1 aliphatic heterocycles. The highest BCUT2D eigenvalue weighted by atomic mass is 16.5. The Labute approximate surface area is 113 Å². The van der Waals surface area contributed by atoms with Crippen molar-refractivity contribution in [2.75, 3.05) is 0 Å². The number of carbonyl (C=O) groups is 1. The lowest BCUT2D eigenvalue weighted by Crippen LogP contribution is -1.98. The Morgan fingerprint density at radius 1 is 1.05 bits per heavy atom. The number of para-hydroxylation sites is 1.